The van der Waals surface area contributed by atoms with Crippen LogP contribution < -0.4 is 10.2 Å². The van der Waals surface area contributed by atoms with Crippen LogP contribution in [0.15, 0.2) is 12.4 Å². The van der Waals surface area contributed by atoms with E-state index in [2.05, 4.69) is 10.4 Å². The van der Waals surface area contributed by atoms with Gasteiger partial charge in [-0.1, -0.05) is 20.8 Å². The SMILES string of the molecule is CCn1cc(N2CCC(=O)NC(C(C)(C)C)C2=O)cn1. The quantitative estimate of drug-likeness (QED) is 0.883. The lowest BCUT2D eigenvalue weighted by Crippen LogP contribution is -2.52. The number of nitrogens with zero attached hydrogens (tertiary/aromatic N) is 3. The fourth-order valence-corrected chi connectivity index (χ4v) is 2.28. The van der Waals surface area contributed by atoms with Crippen molar-refractivity contribution < 1.29 is 9.59 Å². The highest BCUT2D eigenvalue weighted by Gasteiger charge is 2.38. The van der Waals surface area contributed by atoms with Gasteiger partial charge in [0.05, 0.1) is 11.9 Å². The predicted octanol–water partition coefficient (Wildman–Crippen LogP) is 1.17. The van der Waals surface area contributed by atoms with Crippen LogP contribution in [-0.2, 0) is 16.1 Å². The Hall–Kier alpha value is -1.85. The van der Waals surface area contributed by atoms with Gasteiger partial charge < -0.3 is 10.2 Å². The normalized spacial score (nSPS) is 20.8. The Morgan fingerprint density at radius 2 is 2.10 bits per heavy atom. The van der Waals surface area contributed by atoms with Crippen molar-refractivity contribution in [3.63, 3.8) is 0 Å². The smallest absolute Gasteiger partial charge is 0.250 e. The molecule has 6 nitrogen and oxygen atoms in total. The summed E-state index contributed by atoms with van der Waals surface area (Å²) in [5.41, 5.74) is 0.429. The topological polar surface area (TPSA) is 67.2 Å². The van der Waals surface area contributed by atoms with Gasteiger partial charge in [-0.25, -0.2) is 0 Å². The minimum atomic E-state index is -0.512. The van der Waals surface area contributed by atoms with Gasteiger partial charge in [-0.05, 0) is 12.3 Å². The summed E-state index contributed by atoms with van der Waals surface area (Å²) in [6.07, 6.45) is 3.83. The molecule has 0 aliphatic carbocycles. The molecule has 0 spiro atoms. The van der Waals surface area contributed by atoms with E-state index in [-0.39, 0.29) is 17.2 Å². The van der Waals surface area contributed by atoms with Crippen LogP contribution in [0.5, 0.6) is 0 Å². The van der Waals surface area contributed by atoms with Gasteiger partial charge in [0.15, 0.2) is 0 Å². The van der Waals surface area contributed by atoms with E-state index >= 15 is 0 Å². The number of rotatable bonds is 2. The molecule has 0 saturated carbocycles. The van der Waals surface area contributed by atoms with Crippen LogP contribution in [0.3, 0.4) is 0 Å². The molecule has 20 heavy (non-hydrogen) atoms. The van der Waals surface area contributed by atoms with Crippen LogP contribution in [-0.4, -0.2) is 34.2 Å². The predicted molar refractivity (Wildman–Crippen MR) is 76.3 cm³/mol. The monoisotopic (exact) mass is 278 g/mol. The number of nitrogens with one attached hydrogen (secondary N) is 1. The van der Waals surface area contributed by atoms with Crippen molar-refractivity contribution in [1.29, 1.82) is 0 Å². The van der Waals surface area contributed by atoms with E-state index < -0.39 is 6.04 Å². The average Bonchev–Trinajstić information content (AvgIpc) is 2.77. The van der Waals surface area contributed by atoms with Gasteiger partial charge in [-0.15, -0.1) is 0 Å². The molecule has 1 fully saturated rings. The molecular formula is C14H22N4O2. The molecule has 1 unspecified atom stereocenters. The Labute approximate surface area is 119 Å². The standard InChI is InChI=1S/C14H22N4O2/c1-5-17-9-10(8-15-17)18-7-6-11(19)16-12(13(18)20)14(2,3)4/h8-9,12H,5-7H2,1-4H3,(H,16,19). The van der Waals surface area contributed by atoms with E-state index in [0.29, 0.717) is 13.0 Å². The summed E-state index contributed by atoms with van der Waals surface area (Å²) < 4.78 is 1.77. The Bertz CT molecular complexity index is 515. The first kappa shape index (κ1) is 14.6. The van der Waals surface area contributed by atoms with Gasteiger partial charge in [0, 0.05) is 25.7 Å². The van der Waals surface area contributed by atoms with Gasteiger partial charge in [0.2, 0.25) is 11.8 Å². The van der Waals surface area contributed by atoms with Crippen molar-refractivity contribution in [3.05, 3.63) is 12.4 Å². The van der Waals surface area contributed by atoms with E-state index in [1.54, 1.807) is 15.8 Å². The van der Waals surface area contributed by atoms with Gasteiger partial charge in [0.1, 0.15) is 6.04 Å². The molecule has 1 aliphatic rings. The van der Waals surface area contributed by atoms with Crippen molar-refractivity contribution in [2.45, 2.75) is 46.7 Å². The number of hydrogen-bond acceptors (Lipinski definition) is 3. The average molecular weight is 278 g/mol. The number of aryl methyl sites for hydroxylation is 1. The van der Waals surface area contributed by atoms with E-state index in [9.17, 15) is 9.59 Å². The summed E-state index contributed by atoms with van der Waals surface area (Å²) >= 11 is 0. The second-order valence-corrected chi connectivity index (χ2v) is 6.16. The number of amides is 2. The second kappa shape index (κ2) is 5.26. The molecule has 0 bridgehead atoms. The maximum Gasteiger partial charge on any atom is 0.250 e. The summed E-state index contributed by atoms with van der Waals surface area (Å²) in [5.74, 6) is -0.150. The molecule has 2 heterocycles. The summed E-state index contributed by atoms with van der Waals surface area (Å²) in [5, 5.41) is 7.03. The van der Waals surface area contributed by atoms with Crippen LogP contribution in [0.25, 0.3) is 0 Å². The van der Waals surface area contributed by atoms with Crippen molar-refractivity contribution >= 4 is 17.5 Å². The highest BCUT2D eigenvalue weighted by Crippen LogP contribution is 2.25. The molecule has 1 N–H and O–H groups in total. The molecule has 1 aromatic rings. The molecular weight excluding hydrogens is 256 g/mol. The lowest BCUT2D eigenvalue weighted by Gasteiger charge is -2.31. The fourth-order valence-electron chi connectivity index (χ4n) is 2.28. The highest BCUT2D eigenvalue weighted by molar-refractivity contribution is 6.01. The molecule has 1 saturated heterocycles. The third kappa shape index (κ3) is 2.84. The molecule has 0 aromatic carbocycles. The Balaban J connectivity index is 2.32. The maximum absolute atomic E-state index is 12.7. The van der Waals surface area contributed by atoms with Crippen molar-refractivity contribution in [2.24, 2.45) is 5.41 Å². The largest absolute Gasteiger partial charge is 0.344 e. The zero-order valence-electron chi connectivity index (χ0n) is 12.5. The minimum Gasteiger partial charge on any atom is -0.344 e. The van der Waals surface area contributed by atoms with Crippen LogP contribution >= 0.6 is 0 Å². The zero-order chi connectivity index (χ0) is 14.9. The van der Waals surface area contributed by atoms with E-state index in [0.717, 1.165) is 12.2 Å². The lowest BCUT2D eigenvalue weighted by molar-refractivity contribution is -0.127. The van der Waals surface area contributed by atoms with Gasteiger partial charge in [0.25, 0.3) is 0 Å². The molecule has 2 rings (SSSR count). The molecule has 1 aromatic heterocycles. The zero-order valence-corrected chi connectivity index (χ0v) is 12.5. The number of hydrogen-bond donors (Lipinski definition) is 1. The second-order valence-electron chi connectivity index (χ2n) is 6.16. The van der Waals surface area contributed by atoms with Crippen LogP contribution in [0.4, 0.5) is 5.69 Å². The number of carbonyl (C=O) groups is 2. The molecule has 2 amide bonds. The maximum atomic E-state index is 12.7. The first-order valence-electron chi connectivity index (χ1n) is 6.96. The Morgan fingerprint density at radius 1 is 1.40 bits per heavy atom. The van der Waals surface area contributed by atoms with E-state index in [1.807, 2.05) is 33.9 Å². The third-order valence-electron chi connectivity index (χ3n) is 3.50. The summed E-state index contributed by atoms with van der Waals surface area (Å²) in [7, 11) is 0. The number of aromatic nitrogens is 2. The number of anilines is 1. The van der Waals surface area contributed by atoms with Crippen LogP contribution in [0.1, 0.15) is 34.1 Å². The summed E-state index contributed by atoms with van der Waals surface area (Å²) in [6.45, 7) is 9.00. The van der Waals surface area contributed by atoms with Gasteiger partial charge in [-0.2, -0.15) is 5.10 Å². The minimum absolute atomic E-state index is 0.0704. The Kier molecular flexibility index (Phi) is 3.83. The third-order valence-corrected chi connectivity index (χ3v) is 3.50. The van der Waals surface area contributed by atoms with Crippen molar-refractivity contribution in [1.82, 2.24) is 15.1 Å². The van der Waals surface area contributed by atoms with E-state index in [4.69, 9.17) is 0 Å². The molecule has 6 heteroatoms. The van der Waals surface area contributed by atoms with Gasteiger partial charge >= 0.3 is 0 Å². The highest BCUT2D eigenvalue weighted by atomic mass is 16.2. The fraction of sp³-hybridized carbons (Fsp3) is 0.643. The van der Waals surface area contributed by atoms with Crippen LogP contribution in [0.2, 0.25) is 0 Å². The van der Waals surface area contributed by atoms with Crippen molar-refractivity contribution in [2.75, 3.05) is 11.4 Å². The van der Waals surface area contributed by atoms with E-state index in [1.165, 1.54) is 0 Å². The molecule has 1 aliphatic heterocycles. The first-order chi connectivity index (χ1) is 9.32. The lowest BCUT2D eigenvalue weighted by atomic mass is 9.86. The summed E-state index contributed by atoms with van der Waals surface area (Å²) in [4.78, 5) is 26.2. The van der Waals surface area contributed by atoms with Crippen LogP contribution in [0, 0.1) is 5.41 Å². The van der Waals surface area contributed by atoms with Gasteiger partial charge in [-0.3, -0.25) is 14.3 Å². The summed E-state index contributed by atoms with van der Waals surface area (Å²) in [6, 6.07) is -0.512. The molecule has 1 atom stereocenters. The first-order valence-corrected chi connectivity index (χ1v) is 6.96. The number of carbonyl (C=O) groups excluding carboxylic acids is 2. The molecule has 0 radical (unpaired) electrons. The molecule has 110 valence electrons. The van der Waals surface area contributed by atoms with Crippen molar-refractivity contribution in [3.8, 4) is 0 Å². The Morgan fingerprint density at radius 3 is 2.65 bits per heavy atom.